The van der Waals surface area contributed by atoms with Crippen LogP contribution in [0.5, 0.6) is 0 Å². The second-order valence-electron chi connectivity index (χ2n) is 6.43. The van der Waals surface area contributed by atoms with Gasteiger partial charge in [-0.15, -0.1) is 0 Å². The molecule has 23 heavy (non-hydrogen) atoms. The van der Waals surface area contributed by atoms with Gasteiger partial charge in [-0.25, -0.2) is 8.42 Å². The molecular formula is C19H23NO2S. The number of hydrogen-bond donors (Lipinski definition) is 0. The molecule has 122 valence electrons. The lowest BCUT2D eigenvalue weighted by atomic mass is 9.98. The third kappa shape index (κ3) is 3.06. The van der Waals surface area contributed by atoms with Gasteiger partial charge >= 0.3 is 0 Å². The highest BCUT2D eigenvalue weighted by atomic mass is 32.2. The molecule has 0 spiro atoms. The summed E-state index contributed by atoms with van der Waals surface area (Å²) in [4.78, 5) is 0. The number of sulfonamides is 1. The molecule has 1 aliphatic rings. The first-order chi connectivity index (χ1) is 10.9. The highest BCUT2D eigenvalue weighted by Crippen LogP contribution is 2.40. The molecule has 0 N–H and O–H groups in total. The monoisotopic (exact) mass is 329 g/mol. The van der Waals surface area contributed by atoms with E-state index in [1.807, 2.05) is 56.3 Å². The predicted octanol–water partition coefficient (Wildman–Crippen LogP) is 4.14. The number of aryl methyl sites for hydroxylation is 2. The maximum absolute atomic E-state index is 13.0. The van der Waals surface area contributed by atoms with Crippen LogP contribution in [-0.4, -0.2) is 19.3 Å². The van der Waals surface area contributed by atoms with Crippen molar-refractivity contribution in [1.82, 2.24) is 4.31 Å². The van der Waals surface area contributed by atoms with Crippen LogP contribution in [0, 0.1) is 13.8 Å². The number of hydrogen-bond acceptors (Lipinski definition) is 2. The summed E-state index contributed by atoms with van der Waals surface area (Å²) in [7, 11) is -3.35. The molecule has 0 bridgehead atoms. The van der Waals surface area contributed by atoms with Crippen LogP contribution in [0.1, 0.15) is 46.9 Å². The molecule has 2 atom stereocenters. The van der Waals surface area contributed by atoms with Crippen molar-refractivity contribution in [3.05, 3.63) is 70.8 Å². The van der Waals surface area contributed by atoms with Crippen molar-refractivity contribution in [3.8, 4) is 0 Å². The van der Waals surface area contributed by atoms with E-state index in [9.17, 15) is 8.42 Å². The van der Waals surface area contributed by atoms with Crippen LogP contribution in [-0.2, 0) is 10.0 Å². The van der Waals surface area contributed by atoms with E-state index in [1.54, 1.807) is 11.2 Å². The van der Waals surface area contributed by atoms with Gasteiger partial charge < -0.3 is 0 Å². The summed E-state index contributed by atoms with van der Waals surface area (Å²) in [5, 5.41) is -0.521. The molecule has 0 radical (unpaired) electrons. The highest BCUT2D eigenvalue weighted by molar-refractivity contribution is 7.89. The van der Waals surface area contributed by atoms with Crippen LogP contribution < -0.4 is 0 Å². The molecule has 1 aliphatic heterocycles. The molecule has 1 heterocycles. The van der Waals surface area contributed by atoms with Crippen LogP contribution in [0.4, 0.5) is 0 Å². The molecule has 4 heteroatoms. The van der Waals surface area contributed by atoms with Gasteiger partial charge in [0.05, 0.1) is 11.3 Å². The normalized spacial score (nSPS) is 20.0. The van der Waals surface area contributed by atoms with Crippen molar-refractivity contribution < 1.29 is 8.42 Å². The lowest BCUT2D eigenvalue weighted by Gasteiger charge is -2.41. The van der Waals surface area contributed by atoms with E-state index in [0.29, 0.717) is 6.54 Å². The van der Waals surface area contributed by atoms with Gasteiger partial charge in [0.25, 0.3) is 0 Å². The van der Waals surface area contributed by atoms with E-state index in [-0.39, 0.29) is 6.04 Å². The summed E-state index contributed by atoms with van der Waals surface area (Å²) in [5.41, 5.74) is 4.16. The first-order valence-electron chi connectivity index (χ1n) is 8.03. The molecule has 0 aromatic heterocycles. The maximum Gasteiger partial charge on any atom is 0.221 e. The Balaban J connectivity index is 1.89. The zero-order chi connectivity index (χ0) is 16.6. The average molecular weight is 329 g/mol. The molecule has 1 fully saturated rings. The maximum atomic E-state index is 13.0. The van der Waals surface area contributed by atoms with Crippen LogP contribution in [0.2, 0.25) is 0 Å². The van der Waals surface area contributed by atoms with Gasteiger partial charge in [-0.05, 0) is 38.3 Å². The Labute approximate surface area is 139 Å². The fourth-order valence-corrected chi connectivity index (χ4v) is 5.12. The van der Waals surface area contributed by atoms with Gasteiger partial charge in [0.15, 0.2) is 0 Å². The lowest BCUT2D eigenvalue weighted by molar-refractivity contribution is 0.200. The highest BCUT2D eigenvalue weighted by Gasteiger charge is 2.41. The molecule has 0 aliphatic carbocycles. The van der Waals surface area contributed by atoms with E-state index in [4.69, 9.17) is 0 Å². The smallest absolute Gasteiger partial charge is 0.212 e. The second kappa shape index (κ2) is 6.10. The standard InChI is InChI=1S/C19H23NO2S/c1-14-11-15(2)13-18(12-14)16(3)23(21,22)20-10-9-19(20)17-7-5-4-6-8-17/h4-8,11-13,16,19H,9-10H2,1-3H3. The minimum Gasteiger partial charge on any atom is -0.212 e. The Kier molecular flexibility index (Phi) is 4.30. The van der Waals surface area contributed by atoms with Crippen LogP contribution >= 0.6 is 0 Å². The van der Waals surface area contributed by atoms with Crippen LogP contribution in [0.25, 0.3) is 0 Å². The van der Waals surface area contributed by atoms with E-state index < -0.39 is 15.3 Å². The zero-order valence-corrected chi connectivity index (χ0v) is 14.7. The van der Waals surface area contributed by atoms with Gasteiger partial charge in [0.1, 0.15) is 0 Å². The fourth-order valence-electron chi connectivity index (χ4n) is 3.30. The predicted molar refractivity (Wildman–Crippen MR) is 93.8 cm³/mol. The van der Waals surface area contributed by atoms with Crippen LogP contribution in [0.3, 0.4) is 0 Å². The third-order valence-corrected chi connectivity index (χ3v) is 6.90. The SMILES string of the molecule is Cc1cc(C)cc(C(C)S(=O)(=O)N2CCC2c2ccccc2)c1. The molecular weight excluding hydrogens is 306 g/mol. The van der Waals surface area contributed by atoms with Crippen molar-refractivity contribution in [1.29, 1.82) is 0 Å². The largest absolute Gasteiger partial charge is 0.221 e. The van der Waals surface area contributed by atoms with Gasteiger partial charge in [-0.2, -0.15) is 4.31 Å². The molecule has 3 rings (SSSR count). The summed E-state index contributed by atoms with van der Waals surface area (Å²) in [6.45, 7) is 6.42. The molecule has 2 aromatic carbocycles. The minimum absolute atomic E-state index is 0.0189. The van der Waals surface area contributed by atoms with Crippen molar-refractivity contribution in [3.63, 3.8) is 0 Å². The lowest BCUT2D eigenvalue weighted by Crippen LogP contribution is -2.46. The molecule has 0 saturated carbocycles. The number of benzene rings is 2. The third-order valence-electron chi connectivity index (χ3n) is 4.64. The second-order valence-corrected chi connectivity index (χ2v) is 8.64. The summed E-state index contributed by atoms with van der Waals surface area (Å²) in [6, 6.07) is 15.9. The number of nitrogens with zero attached hydrogens (tertiary/aromatic N) is 1. The summed E-state index contributed by atoms with van der Waals surface area (Å²) in [6.07, 6.45) is 0.892. The first kappa shape index (κ1) is 16.2. The first-order valence-corrected chi connectivity index (χ1v) is 9.53. The van der Waals surface area contributed by atoms with E-state index in [0.717, 1.165) is 28.7 Å². The van der Waals surface area contributed by atoms with Gasteiger partial charge in [0, 0.05) is 6.54 Å². The van der Waals surface area contributed by atoms with Gasteiger partial charge in [-0.3, -0.25) is 0 Å². The Bertz CT molecular complexity index is 779. The molecule has 2 unspecified atom stereocenters. The van der Waals surface area contributed by atoms with Gasteiger partial charge in [0.2, 0.25) is 10.0 Å². The average Bonchev–Trinajstić information content (AvgIpc) is 2.45. The Morgan fingerprint density at radius 2 is 1.65 bits per heavy atom. The summed E-state index contributed by atoms with van der Waals surface area (Å²) >= 11 is 0. The van der Waals surface area contributed by atoms with Crippen molar-refractivity contribution in [2.45, 2.75) is 38.5 Å². The number of rotatable bonds is 4. The molecule has 3 nitrogen and oxygen atoms in total. The molecule has 0 amide bonds. The summed E-state index contributed by atoms with van der Waals surface area (Å²) in [5.74, 6) is 0. The molecule has 1 saturated heterocycles. The zero-order valence-electron chi connectivity index (χ0n) is 13.9. The van der Waals surface area contributed by atoms with E-state index in [2.05, 4.69) is 6.07 Å². The fraction of sp³-hybridized carbons (Fsp3) is 0.368. The molecule has 2 aromatic rings. The van der Waals surface area contributed by atoms with Crippen molar-refractivity contribution >= 4 is 10.0 Å². The van der Waals surface area contributed by atoms with E-state index in [1.165, 1.54) is 0 Å². The summed E-state index contributed by atoms with van der Waals surface area (Å²) < 4.78 is 27.7. The van der Waals surface area contributed by atoms with Crippen molar-refractivity contribution in [2.24, 2.45) is 0 Å². The van der Waals surface area contributed by atoms with Crippen molar-refractivity contribution in [2.75, 3.05) is 6.54 Å². The Morgan fingerprint density at radius 1 is 1.04 bits per heavy atom. The Morgan fingerprint density at radius 3 is 2.17 bits per heavy atom. The van der Waals surface area contributed by atoms with E-state index >= 15 is 0 Å². The topological polar surface area (TPSA) is 37.4 Å². The Hall–Kier alpha value is -1.65. The minimum atomic E-state index is -3.35. The van der Waals surface area contributed by atoms with Crippen LogP contribution in [0.15, 0.2) is 48.5 Å². The quantitative estimate of drug-likeness (QED) is 0.845. The van der Waals surface area contributed by atoms with Gasteiger partial charge in [-0.1, -0.05) is 59.7 Å².